The molecule has 1 aromatic rings. The number of rotatable bonds is 4. The van der Waals surface area contributed by atoms with Gasteiger partial charge in [0.1, 0.15) is 5.15 Å². The number of aromatic nitrogens is 1. The minimum atomic E-state index is 0.649. The van der Waals surface area contributed by atoms with Crippen LogP contribution >= 0.6 is 23.4 Å². The Bertz CT molecular complexity index is 265. The molecule has 1 nitrogen and oxygen atoms in total. The first-order chi connectivity index (χ1) is 6.24. The van der Waals surface area contributed by atoms with Gasteiger partial charge in [-0.2, -0.15) is 11.8 Å². The highest BCUT2D eigenvalue weighted by molar-refractivity contribution is 7.98. The van der Waals surface area contributed by atoms with E-state index < -0.39 is 0 Å². The van der Waals surface area contributed by atoms with Crippen molar-refractivity contribution >= 4 is 23.4 Å². The second kappa shape index (κ2) is 5.51. The number of thioether (sulfide) groups is 1. The van der Waals surface area contributed by atoms with E-state index in [0.29, 0.717) is 11.1 Å². The molecule has 0 radical (unpaired) electrons. The van der Waals surface area contributed by atoms with Gasteiger partial charge in [-0.05, 0) is 36.0 Å². The summed E-state index contributed by atoms with van der Waals surface area (Å²) in [5.41, 5.74) is 1.16. The van der Waals surface area contributed by atoms with Gasteiger partial charge in [-0.15, -0.1) is 0 Å². The van der Waals surface area contributed by atoms with E-state index in [2.05, 4.69) is 18.2 Å². The molecule has 0 saturated carbocycles. The zero-order valence-electron chi connectivity index (χ0n) is 7.96. The van der Waals surface area contributed by atoms with Crippen molar-refractivity contribution in [2.24, 2.45) is 5.92 Å². The van der Waals surface area contributed by atoms with Gasteiger partial charge >= 0.3 is 0 Å². The molecule has 0 saturated heterocycles. The van der Waals surface area contributed by atoms with Crippen molar-refractivity contribution in [3.63, 3.8) is 0 Å². The van der Waals surface area contributed by atoms with Gasteiger partial charge in [-0.1, -0.05) is 24.6 Å². The average molecular weight is 216 g/mol. The number of hydrogen-bond acceptors (Lipinski definition) is 2. The number of halogens is 1. The summed E-state index contributed by atoms with van der Waals surface area (Å²) in [5.74, 6) is 1.84. The molecule has 72 valence electrons. The molecular formula is C10H14ClNS. The number of nitrogens with zero attached hydrogens (tertiary/aromatic N) is 1. The van der Waals surface area contributed by atoms with Crippen LogP contribution in [0.3, 0.4) is 0 Å². The molecule has 0 N–H and O–H groups in total. The molecule has 1 rings (SSSR count). The molecule has 0 aliphatic carbocycles. The van der Waals surface area contributed by atoms with Gasteiger partial charge in [-0.25, -0.2) is 4.98 Å². The zero-order chi connectivity index (χ0) is 9.68. The first kappa shape index (κ1) is 10.9. The van der Waals surface area contributed by atoms with Gasteiger partial charge in [0.15, 0.2) is 0 Å². The van der Waals surface area contributed by atoms with Crippen LogP contribution in [0.2, 0.25) is 5.15 Å². The summed E-state index contributed by atoms with van der Waals surface area (Å²) >= 11 is 7.82. The summed E-state index contributed by atoms with van der Waals surface area (Å²) in [6.45, 7) is 2.24. The first-order valence-electron chi connectivity index (χ1n) is 4.32. The Kier molecular flexibility index (Phi) is 4.60. The molecule has 0 aliphatic rings. The highest BCUT2D eigenvalue weighted by Crippen LogP contribution is 2.17. The van der Waals surface area contributed by atoms with Gasteiger partial charge in [0.25, 0.3) is 0 Å². The summed E-state index contributed by atoms with van der Waals surface area (Å²) in [6.07, 6.45) is 4.87. The number of hydrogen-bond donors (Lipinski definition) is 0. The third-order valence-corrected chi connectivity index (χ3v) is 3.10. The van der Waals surface area contributed by atoms with Crippen LogP contribution in [0.15, 0.2) is 18.3 Å². The standard InChI is InChI=1S/C10H14ClNS/c1-8(7-13-2)6-9-4-3-5-12-10(9)11/h3-5,8H,6-7H2,1-2H3. The second-order valence-corrected chi connectivity index (χ2v) is 4.49. The van der Waals surface area contributed by atoms with Gasteiger partial charge in [0.2, 0.25) is 0 Å². The third kappa shape index (κ3) is 3.57. The van der Waals surface area contributed by atoms with Crippen LogP contribution in [-0.4, -0.2) is 17.0 Å². The average Bonchev–Trinajstić information content (AvgIpc) is 2.09. The summed E-state index contributed by atoms with van der Waals surface area (Å²) < 4.78 is 0. The summed E-state index contributed by atoms with van der Waals surface area (Å²) in [4.78, 5) is 4.05. The lowest BCUT2D eigenvalue weighted by atomic mass is 10.0. The normalized spacial score (nSPS) is 12.8. The zero-order valence-corrected chi connectivity index (χ0v) is 9.53. The Labute approximate surface area is 88.9 Å². The van der Waals surface area contributed by atoms with Crippen LogP contribution in [0, 0.1) is 5.92 Å². The van der Waals surface area contributed by atoms with Crippen molar-refractivity contribution in [3.8, 4) is 0 Å². The molecule has 0 aromatic carbocycles. The van der Waals surface area contributed by atoms with Crippen LogP contribution in [0.25, 0.3) is 0 Å². The first-order valence-corrected chi connectivity index (χ1v) is 6.09. The molecule has 0 spiro atoms. The molecule has 1 unspecified atom stereocenters. The van der Waals surface area contributed by atoms with Crippen LogP contribution in [0.5, 0.6) is 0 Å². The van der Waals surface area contributed by atoms with Crippen LogP contribution in [0.1, 0.15) is 12.5 Å². The fourth-order valence-electron chi connectivity index (χ4n) is 1.29. The van der Waals surface area contributed by atoms with Crippen molar-refractivity contribution < 1.29 is 0 Å². The quantitative estimate of drug-likeness (QED) is 0.716. The van der Waals surface area contributed by atoms with E-state index in [4.69, 9.17) is 11.6 Å². The van der Waals surface area contributed by atoms with E-state index in [9.17, 15) is 0 Å². The largest absolute Gasteiger partial charge is 0.244 e. The molecule has 0 fully saturated rings. The number of pyridine rings is 1. The van der Waals surface area contributed by atoms with E-state index >= 15 is 0 Å². The Balaban J connectivity index is 2.58. The topological polar surface area (TPSA) is 12.9 Å². The van der Waals surface area contributed by atoms with E-state index in [-0.39, 0.29) is 0 Å². The Morgan fingerprint density at radius 2 is 2.38 bits per heavy atom. The van der Waals surface area contributed by atoms with Gasteiger partial charge < -0.3 is 0 Å². The predicted molar refractivity (Wildman–Crippen MR) is 60.5 cm³/mol. The summed E-state index contributed by atoms with van der Waals surface area (Å²) in [7, 11) is 0. The van der Waals surface area contributed by atoms with E-state index in [1.807, 2.05) is 23.9 Å². The lowest BCUT2D eigenvalue weighted by Crippen LogP contribution is -2.03. The minimum absolute atomic E-state index is 0.649. The highest BCUT2D eigenvalue weighted by atomic mass is 35.5. The second-order valence-electron chi connectivity index (χ2n) is 3.22. The Morgan fingerprint density at radius 3 is 3.00 bits per heavy atom. The van der Waals surface area contributed by atoms with Crippen molar-refractivity contribution in [2.45, 2.75) is 13.3 Å². The SMILES string of the molecule is CSCC(C)Cc1cccnc1Cl. The Morgan fingerprint density at radius 1 is 1.62 bits per heavy atom. The fraction of sp³-hybridized carbons (Fsp3) is 0.500. The van der Waals surface area contributed by atoms with E-state index in [1.165, 1.54) is 5.75 Å². The van der Waals surface area contributed by atoms with Gasteiger partial charge in [0, 0.05) is 6.20 Å². The van der Waals surface area contributed by atoms with E-state index in [1.54, 1.807) is 6.20 Å². The van der Waals surface area contributed by atoms with Crippen LogP contribution in [0.4, 0.5) is 0 Å². The highest BCUT2D eigenvalue weighted by Gasteiger charge is 2.06. The summed E-state index contributed by atoms with van der Waals surface area (Å²) in [6, 6.07) is 3.99. The maximum Gasteiger partial charge on any atom is 0.132 e. The predicted octanol–water partition coefficient (Wildman–Crippen LogP) is 3.28. The van der Waals surface area contributed by atoms with Gasteiger partial charge in [0.05, 0.1) is 0 Å². The van der Waals surface area contributed by atoms with Crippen molar-refractivity contribution in [1.82, 2.24) is 4.98 Å². The van der Waals surface area contributed by atoms with E-state index in [0.717, 1.165) is 12.0 Å². The third-order valence-electron chi connectivity index (χ3n) is 1.86. The van der Waals surface area contributed by atoms with Crippen LogP contribution in [-0.2, 0) is 6.42 Å². The smallest absolute Gasteiger partial charge is 0.132 e. The lowest BCUT2D eigenvalue weighted by molar-refractivity contribution is 0.657. The van der Waals surface area contributed by atoms with Crippen molar-refractivity contribution in [1.29, 1.82) is 0 Å². The lowest BCUT2D eigenvalue weighted by Gasteiger charge is -2.09. The van der Waals surface area contributed by atoms with Crippen molar-refractivity contribution in [2.75, 3.05) is 12.0 Å². The minimum Gasteiger partial charge on any atom is -0.244 e. The molecule has 3 heteroatoms. The van der Waals surface area contributed by atoms with Crippen LogP contribution < -0.4 is 0 Å². The van der Waals surface area contributed by atoms with Gasteiger partial charge in [-0.3, -0.25) is 0 Å². The monoisotopic (exact) mass is 215 g/mol. The molecular weight excluding hydrogens is 202 g/mol. The fourth-order valence-corrected chi connectivity index (χ4v) is 2.17. The van der Waals surface area contributed by atoms with Crippen molar-refractivity contribution in [3.05, 3.63) is 29.0 Å². The molecule has 1 heterocycles. The molecule has 0 amide bonds. The molecule has 13 heavy (non-hydrogen) atoms. The molecule has 1 aromatic heterocycles. The molecule has 1 atom stereocenters. The molecule has 0 bridgehead atoms. The molecule has 0 aliphatic heterocycles. The Hall–Kier alpha value is -0.210. The summed E-state index contributed by atoms with van der Waals surface area (Å²) in [5, 5.41) is 0.649. The maximum atomic E-state index is 5.95. The maximum absolute atomic E-state index is 5.95.